The molecule has 2 fully saturated rings. The van der Waals surface area contributed by atoms with Crippen LogP contribution in [0.5, 0.6) is 0 Å². The first-order valence-corrected chi connectivity index (χ1v) is 8.61. The Morgan fingerprint density at radius 3 is 2.38 bits per heavy atom. The quantitative estimate of drug-likeness (QED) is 0.628. The number of amides is 1. The van der Waals surface area contributed by atoms with Gasteiger partial charge in [0.25, 0.3) is 0 Å². The van der Waals surface area contributed by atoms with E-state index in [-0.39, 0.29) is 47.9 Å². The van der Waals surface area contributed by atoms with E-state index in [1.54, 1.807) is 30.5 Å². The van der Waals surface area contributed by atoms with Crippen LogP contribution >= 0.6 is 0 Å². The van der Waals surface area contributed by atoms with E-state index < -0.39 is 17.3 Å². The average molecular weight is 358 g/mol. The fourth-order valence-electron chi connectivity index (χ4n) is 3.65. The molecule has 6 heteroatoms. The first-order chi connectivity index (χ1) is 12.1. The maximum Gasteiger partial charge on any atom is 1.00 e. The summed E-state index contributed by atoms with van der Waals surface area (Å²) in [5.41, 5.74) is 0.262. The average Bonchev–Trinajstić information content (AvgIpc) is 3.54. The van der Waals surface area contributed by atoms with Gasteiger partial charge in [-0.1, -0.05) is 36.4 Å². The largest absolute Gasteiger partial charge is 1.00 e. The maximum atomic E-state index is 12.8. The summed E-state index contributed by atoms with van der Waals surface area (Å²) >= 11 is 0. The van der Waals surface area contributed by atoms with Gasteiger partial charge in [0, 0.05) is 11.6 Å². The molecule has 2 saturated carbocycles. The SMILES string of the molecule is O=C(NC(c1ccccn1)C1CC1)[C@H]1C[C@]1(C(=O)[O-])c1ccccc1.[Na+]. The van der Waals surface area contributed by atoms with Gasteiger partial charge < -0.3 is 15.2 Å². The van der Waals surface area contributed by atoms with Crippen LogP contribution in [0.25, 0.3) is 0 Å². The van der Waals surface area contributed by atoms with Gasteiger partial charge in [-0.2, -0.15) is 0 Å². The number of pyridine rings is 1. The van der Waals surface area contributed by atoms with Crippen LogP contribution in [-0.2, 0) is 15.0 Å². The molecule has 0 radical (unpaired) electrons. The van der Waals surface area contributed by atoms with Gasteiger partial charge >= 0.3 is 29.6 Å². The summed E-state index contributed by atoms with van der Waals surface area (Å²) in [7, 11) is 0. The van der Waals surface area contributed by atoms with Gasteiger partial charge in [-0.15, -0.1) is 0 Å². The molecule has 1 aromatic carbocycles. The van der Waals surface area contributed by atoms with E-state index in [2.05, 4.69) is 10.3 Å². The Bertz CT molecular complexity index is 795. The number of nitrogens with zero attached hydrogens (tertiary/aromatic N) is 1. The molecule has 26 heavy (non-hydrogen) atoms. The molecule has 0 spiro atoms. The minimum atomic E-state index is -1.20. The van der Waals surface area contributed by atoms with E-state index in [1.807, 2.05) is 24.3 Å². The Kier molecular flexibility index (Phi) is 5.51. The van der Waals surface area contributed by atoms with Crippen LogP contribution in [0.4, 0.5) is 0 Å². The molecule has 2 aliphatic rings. The zero-order valence-corrected chi connectivity index (χ0v) is 16.7. The predicted octanol–water partition coefficient (Wildman–Crippen LogP) is -1.64. The van der Waals surface area contributed by atoms with Crippen LogP contribution in [-0.4, -0.2) is 16.9 Å². The molecule has 4 rings (SSSR count). The topological polar surface area (TPSA) is 82.1 Å². The van der Waals surface area contributed by atoms with Gasteiger partial charge in [-0.05, 0) is 42.9 Å². The number of carboxylic acids is 1. The van der Waals surface area contributed by atoms with E-state index in [9.17, 15) is 14.7 Å². The van der Waals surface area contributed by atoms with Crippen molar-refractivity contribution in [2.75, 3.05) is 0 Å². The Morgan fingerprint density at radius 2 is 1.81 bits per heavy atom. The number of carbonyl (C=O) groups excluding carboxylic acids is 2. The molecule has 3 atom stereocenters. The molecule has 2 aromatic rings. The van der Waals surface area contributed by atoms with Gasteiger partial charge in [0.05, 0.1) is 23.6 Å². The molecule has 2 aliphatic carbocycles. The normalized spacial score (nSPS) is 24.8. The van der Waals surface area contributed by atoms with Gasteiger partial charge in [0.2, 0.25) is 5.91 Å². The summed E-state index contributed by atoms with van der Waals surface area (Å²) in [6, 6.07) is 14.4. The van der Waals surface area contributed by atoms with Crippen LogP contribution in [0.2, 0.25) is 0 Å². The molecule has 5 nitrogen and oxygen atoms in total. The third-order valence-corrected chi connectivity index (χ3v) is 5.33. The predicted molar refractivity (Wildman–Crippen MR) is 89.1 cm³/mol. The third-order valence-electron chi connectivity index (χ3n) is 5.33. The molecule has 1 amide bonds. The fraction of sp³-hybridized carbons (Fsp3) is 0.350. The Labute approximate surface area is 174 Å². The molecular formula is C20H19N2NaO3. The van der Waals surface area contributed by atoms with Crippen molar-refractivity contribution in [3.8, 4) is 0 Å². The van der Waals surface area contributed by atoms with Gasteiger partial charge in [0.1, 0.15) is 0 Å². The standard InChI is InChI=1S/C20H20N2O3.Na/c23-18(22-17(13-9-10-13)16-8-4-5-11-21-16)15-12-20(15,19(24)25)14-6-2-1-3-7-14;/h1-8,11,13,15,17H,9-10,12H2,(H,22,23)(H,24,25);/q;+1/p-1/t15-,17?,20+;/m1./s1. The monoisotopic (exact) mass is 358 g/mol. The summed E-state index contributed by atoms with van der Waals surface area (Å²) in [4.78, 5) is 28.9. The number of aliphatic carboxylic acids is 1. The van der Waals surface area contributed by atoms with Crippen molar-refractivity contribution in [1.82, 2.24) is 10.3 Å². The number of hydrogen-bond donors (Lipinski definition) is 1. The first kappa shape index (κ1) is 19.1. The molecule has 128 valence electrons. The molecule has 1 heterocycles. The number of carbonyl (C=O) groups is 2. The fourth-order valence-corrected chi connectivity index (χ4v) is 3.65. The van der Waals surface area contributed by atoms with Crippen molar-refractivity contribution in [3.05, 3.63) is 66.0 Å². The summed E-state index contributed by atoms with van der Waals surface area (Å²) in [6.45, 7) is 0. The molecule has 0 aliphatic heterocycles. The number of nitrogens with one attached hydrogen (secondary N) is 1. The van der Waals surface area contributed by atoms with Gasteiger partial charge in [0.15, 0.2) is 0 Å². The number of carboxylic acid groups (broad SMARTS) is 1. The summed E-state index contributed by atoms with van der Waals surface area (Å²) in [5, 5.41) is 14.8. The Hall–Kier alpha value is -1.69. The summed E-state index contributed by atoms with van der Waals surface area (Å²) in [6.07, 6.45) is 4.10. The minimum absolute atomic E-state index is 0. The zero-order valence-electron chi connectivity index (χ0n) is 14.7. The second-order valence-corrected chi connectivity index (χ2v) is 6.96. The Morgan fingerprint density at radius 1 is 1.12 bits per heavy atom. The van der Waals surface area contributed by atoms with Crippen molar-refractivity contribution in [2.24, 2.45) is 11.8 Å². The smallest absolute Gasteiger partial charge is 0.549 e. The second-order valence-electron chi connectivity index (χ2n) is 6.96. The van der Waals surface area contributed by atoms with Crippen LogP contribution in [0.1, 0.15) is 36.6 Å². The van der Waals surface area contributed by atoms with E-state index in [0.29, 0.717) is 11.5 Å². The van der Waals surface area contributed by atoms with Crippen molar-refractivity contribution in [2.45, 2.75) is 30.7 Å². The van der Waals surface area contributed by atoms with Gasteiger partial charge in [-0.25, -0.2) is 0 Å². The summed E-state index contributed by atoms with van der Waals surface area (Å²) < 4.78 is 0. The van der Waals surface area contributed by atoms with E-state index in [4.69, 9.17) is 0 Å². The molecule has 0 saturated heterocycles. The molecule has 1 aromatic heterocycles. The molecule has 1 N–H and O–H groups in total. The van der Waals surface area contributed by atoms with Crippen LogP contribution in [0.3, 0.4) is 0 Å². The number of hydrogen-bond acceptors (Lipinski definition) is 4. The Balaban J connectivity index is 0.00000196. The molecule has 0 bridgehead atoms. The van der Waals surface area contributed by atoms with Crippen LogP contribution < -0.4 is 40.0 Å². The number of aromatic nitrogens is 1. The first-order valence-electron chi connectivity index (χ1n) is 8.61. The van der Waals surface area contributed by atoms with Crippen molar-refractivity contribution in [1.29, 1.82) is 0 Å². The third kappa shape index (κ3) is 3.43. The van der Waals surface area contributed by atoms with Gasteiger partial charge in [-0.3, -0.25) is 9.78 Å². The van der Waals surface area contributed by atoms with Crippen LogP contribution in [0, 0.1) is 11.8 Å². The van der Waals surface area contributed by atoms with E-state index >= 15 is 0 Å². The van der Waals surface area contributed by atoms with Crippen molar-refractivity contribution in [3.63, 3.8) is 0 Å². The zero-order chi connectivity index (χ0) is 17.4. The summed E-state index contributed by atoms with van der Waals surface area (Å²) in [5.74, 6) is -1.62. The molecular weight excluding hydrogens is 339 g/mol. The second kappa shape index (κ2) is 7.51. The maximum absolute atomic E-state index is 12.8. The molecule has 1 unspecified atom stereocenters. The van der Waals surface area contributed by atoms with Crippen LogP contribution in [0.15, 0.2) is 54.7 Å². The van der Waals surface area contributed by atoms with Crippen molar-refractivity contribution >= 4 is 11.9 Å². The minimum Gasteiger partial charge on any atom is -0.549 e. The van der Waals surface area contributed by atoms with Crippen molar-refractivity contribution < 1.29 is 44.3 Å². The number of benzene rings is 1. The number of rotatable bonds is 6. The van der Waals surface area contributed by atoms with E-state index in [0.717, 1.165) is 18.5 Å². The van der Waals surface area contributed by atoms with E-state index in [1.165, 1.54) is 0 Å².